The van der Waals surface area contributed by atoms with E-state index in [1.165, 1.54) is 17.4 Å². The van der Waals surface area contributed by atoms with Crippen molar-refractivity contribution in [3.05, 3.63) is 51.7 Å². The van der Waals surface area contributed by atoms with E-state index in [2.05, 4.69) is 10.3 Å². The van der Waals surface area contributed by atoms with Gasteiger partial charge in [0.25, 0.3) is 5.91 Å². The van der Waals surface area contributed by atoms with Gasteiger partial charge in [-0.2, -0.15) is 0 Å². The van der Waals surface area contributed by atoms with Crippen molar-refractivity contribution < 1.29 is 9.18 Å². The lowest BCUT2D eigenvalue weighted by atomic mass is 10.1. The number of carbonyl (C=O) groups is 1. The molecule has 1 heterocycles. The van der Waals surface area contributed by atoms with Crippen molar-refractivity contribution in [2.24, 2.45) is 5.73 Å². The van der Waals surface area contributed by atoms with Crippen molar-refractivity contribution in [2.75, 3.05) is 6.54 Å². The predicted octanol–water partition coefficient (Wildman–Crippen LogP) is 2.57. The molecule has 3 N–H and O–H groups in total. The fourth-order valence-corrected chi connectivity index (χ4v) is 2.79. The second-order valence-electron chi connectivity index (χ2n) is 4.84. The van der Waals surface area contributed by atoms with Crippen LogP contribution in [0.5, 0.6) is 0 Å². The lowest BCUT2D eigenvalue weighted by molar-refractivity contribution is 0.0935. The van der Waals surface area contributed by atoms with Gasteiger partial charge in [0.1, 0.15) is 11.5 Å². The Morgan fingerprint density at radius 1 is 1.45 bits per heavy atom. The van der Waals surface area contributed by atoms with Crippen molar-refractivity contribution in [3.8, 4) is 0 Å². The van der Waals surface area contributed by atoms with Crippen LogP contribution in [0, 0.1) is 5.82 Å². The third-order valence-electron chi connectivity index (χ3n) is 3.00. The highest BCUT2D eigenvalue weighted by Gasteiger charge is 2.14. The average Bonchev–Trinajstić information content (AvgIpc) is 2.90. The Balaban J connectivity index is 0.00000242. The van der Waals surface area contributed by atoms with Crippen molar-refractivity contribution in [1.82, 2.24) is 10.3 Å². The molecule has 4 nitrogen and oxygen atoms in total. The van der Waals surface area contributed by atoms with Crippen molar-refractivity contribution in [1.29, 1.82) is 0 Å². The number of rotatable bonds is 6. The summed E-state index contributed by atoms with van der Waals surface area (Å²) in [6.45, 7) is 2.36. The van der Waals surface area contributed by atoms with Gasteiger partial charge in [0.15, 0.2) is 0 Å². The van der Waals surface area contributed by atoms with E-state index in [1.54, 1.807) is 23.6 Å². The normalized spacial score (nSPS) is 11.6. The number of thiazole rings is 1. The summed E-state index contributed by atoms with van der Waals surface area (Å²) >= 11 is 1.42. The van der Waals surface area contributed by atoms with E-state index in [9.17, 15) is 9.18 Å². The second kappa shape index (κ2) is 8.82. The third-order valence-corrected chi connectivity index (χ3v) is 3.91. The Morgan fingerprint density at radius 3 is 2.86 bits per heavy atom. The monoisotopic (exact) mass is 343 g/mol. The minimum absolute atomic E-state index is 0. The van der Waals surface area contributed by atoms with Gasteiger partial charge in [-0.3, -0.25) is 4.79 Å². The summed E-state index contributed by atoms with van der Waals surface area (Å²) in [4.78, 5) is 16.3. The fourth-order valence-electron chi connectivity index (χ4n) is 2.00. The molecule has 2 aromatic rings. The summed E-state index contributed by atoms with van der Waals surface area (Å²) in [5.74, 6) is -0.490. The Kier molecular flexibility index (Phi) is 7.44. The Hall–Kier alpha value is -1.50. The number of nitrogens with two attached hydrogens (primary N) is 1. The molecule has 0 saturated heterocycles. The van der Waals surface area contributed by atoms with Crippen LogP contribution in [0.25, 0.3) is 0 Å². The number of carbonyl (C=O) groups excluding carboxylic acids is 1. The lowest BCUT2D eigenvalue weighted by Gasteiger charge is -2.13. The molecule has 120 valence electrons. The highest BCUT2D eigenvalue weighted by atomic mass is 35.5. The minimum atomic E-state index is -0.252. The van der Waals surface area contributed by atoms with Gasteiger partial charge in [-0.25, -0.2) is 9.37 Å². The molecule has 1 unspecified atom stereocenters. The number of hydrogen-bond acceptors (Lipinski definition) is 4. The number of benzene rings is 1. The molecule has 2 rings (SSSR count). The molecule has 0 bridgehead atoms. The van der Waals surface area contributed by atoms with E-state index in [4.69, 9.17) is 5.73 Å². The Morgan fingerprint density at radius 2 is 2.18 bits per heavy atom. The topological polar surface area (TPSA) is 68.0 Å². The number of nitrogens with one attached hydrogen (secondary N) is 1. The van der Waals surface area contributed by atoms with Crippen LogP contribution in [0.2, 0.25) is 0 Å². The van der Waals surface area contributed by atoms with Gasteiger partial charge in [-0.1, -0.05) is 18.2 Å². The minimum Gasteiger partial charge on any atom is -0.348 e. The largest absolute Gasteiger partial charge is 0.348 e. The van der Waals surface area contributed by atoms with E-state index in [0.29, 0.717) is 30.6 Å². The molecular weight excluding hydrogens is 325 g/mol. The molecule has 0 radical (unpaired) electrons. The first-order valence-electron chi connectivity index (χ1n) is 6.79. The summed E-state index contributed by atoms with van der Waals surface area (Å²) in [7, 11) is 0. The summed E-state index contributed by atoms with van der Waals surface area (Å²) in [5.41, 5.74) is 6.44. The molecule has 0 aliphatic heterocycles. The van der Waals surface area contributed by atoms with E-state index >= 15 is 0 Å². The molecule has 22 heavy (non-hydrogen) atoms. The molecule has 1 atom stereocenters. The third kappa shape index (κ3) is 5.05. The van der Waals surface area contributed by atoms with Crippen LogP contribution in [0.1, 0.15) is 28.0 Å². The van der Waals surface area contributed by atoms with Crippen molar-refractivity contribution in [2.45, 2.75) is 25.8 Å². The van der Waals surface area contributed by atoms with E-state index in [0.717, 1.165) is 5.01 Å². The van der Waals surface area contributed by atoms with Gasteiger partial charge in [0.2, 0.25) is 0 Å². The first-order chi connectivity index (χ1) is 10.1. The molecule has 1 aromatic carbocycles. The molecule has 0 aliphatic rings. The maximum atomic E-state index is 13.6. The molecular formula is C15H19ClFN3OS. The highest BCUT2D eigenvalue weighted by Crippen LogP contribution is 2.12. The molecule has 0 spiro atoms. The zero-order valence-corrected chi connectivity index (χ0v) is 13.8. The number of nitrogens with zero attached hydrogens (tertiary/aromatic N) is 1. The van der Waals surface area contributed by atoms with E-state index < -0.39 is 0 Å². The predicted molar refractivity (Wildman–Crippen MR) is 89.2 cm³/mol. The van der Waals surface area contributed by atoms with Crippen LogP contribution in [0.3, 0.4) is 0 Å². The van der Waals surface area contributed by atoms with Crippen LogP contribution in [-0.4, -0.2) is 23.5 Å². The second-order valence-corrected chi connectivity index (χ2v) is 5.78. The van der Waals surface area contributed by atoms with Gasteiger partial charge < -0.3 is 11.1 Å². The maximum Gasteiger partial charge on any atom is 0.270 e. The van der Waals surface area contributed by atoms with Gasteiger partial charge >= 0.3 is 0 Å². The van der Waals surface area contributed by atoms with Crippen LogP contribution in [-0.2, 0) is 12.8 Å². The Bertz CT molecular complexity index is 620. The van der Waals surface area contributed by atoms with Crippen LogP contribution < -0.4 is 11.1 Å². The smallest absolute Gasteiger partial charge is 0.270 e. The number of amides is 1. The quantitative estimate of drug-likeness (QED) is 0.847. The number of aromatic nitrogens is 1. The van der Waals surface area contributed by atoms with Crippen molar-refractivity contribution in [3.63, 3.8) is 0 Å². The van der Waals surface area contributed by atoms with Crippen LogP contribution in [0.15, 0.2) is 29.6 Å². The van der Waals surface area contributed by atoms with Crippen molar-refractivity contribution >= 4 is 29.7 Å². The molecule has 0 aliphatic carbocycles. The zero-order valence-electron chi connectivity index (χ0n) is 12.2. The van der Waals surface area contributed by atoms with Gasteiger partial charge in [0, 0.05) is 17.8 Å². The standard InChI is InChI=1S/C15H18FN3OS.ClH/c1-10(8-11-4-2-3-5-12(11)16)18-15(20)13-9-21-14(19-13)6-7-17;/h2-5,9-10H,6-8,17H2,1H3,(H,18,20);1H. The molecule has 0 saturated carbocycles. The number of halogens is 2. The first-order valence-corrected chi connectivity index (χ1v) is 7.67. The summed E-state index contributed by atoms with van der Waals surface area (Å²) in [6.07, 6.45) is 1.11. The fraction of sp³-hybridized carbons (Fsp3) is 0.333. The summed E-state index contributed by atoms with van der Waals surface area (Å²) in [5, 5.41) is 5.40. The van der Waals surface area contributed by atoms with Gasteiger partial charge in [-0.05, 0) is 31.5 Å². The maximum absolute atomic E-state index is 13.6. The van der Waals surface area contributed by atoms with Gasteiger partial charge in [0.05, 0.1) is 5.01 Å². The first kappa shape index (κ1) is 18.5. The molecule has 1 amide bonds. The van der Waals surface area contributed by atoms with E-state index in [-0.39, 0.29) is 30.2 Å². The average molecular weight is 344 g/mol. The summed E-state index contributed by atoms with van der Waals surface area (Å²) < 4.78 is 13.6. The zero-order chi connectivity index (χ0) is 15.2. The Labute approximate surface area is 139 Å². The molecule has 0 fully saturated rings. The molecule has 7 heteroatoms. The lowest BCUT2D eigenvalue weighted by Crippen LogP contribution is -2.34. The number of hydrogen-bond donors (Lipinski definition) is 2. The molecule has 1 aromatic heterocycles. The van der Waals surface area contributed by atoms with Crippen LogP contribution in [0.4, 0.5) is 4.39 Å². The van der Waals surface area contributed by atoms with Crippen LogP contribution >= 0.6 is 23.7 Å². The highest BCUT2D eigenvalue weighted by molar-refractivity contribution is 7.09. The van der Waals surface area contributed by atoms with E-state index in [1.807, 2.05) is 6.92 Å². The van der Waals surface area contributed by atoms with Gasteiger partial charge in [-0.15, -0.1) is 23.7 Å². The SMILES string of the molecule is CC(Cc1ccccc1F)NC(=O)c1csc(CCN)n1.Cl. The summed E-state index contributed by atoms with van der Waals surface area (Å²) in [6, 6.07) is 6.40.